The predicted octanol–water partition coefficient (Wildman–Crippen LogP) is 1.97. The summed E-state index contributed by atoms with van der Waals surface area (Å²) < 4.78 is 9.35. The molecule has 3 nitrogen and oxygen atoms in total. The smallest absolute Gasteiger partial charge is 0.346 e. The zero-order valence-corrected chi connectivity index (χ0v) is 6.11. The summed E-state index contributed by atoms with van der Waals surface area (Å²) in [4.78, 5) is 10.9. The van der Waals surface area contributed by atoms with Crippen LogP contribution in [0.25, 0.3) is 0 Å². The van der Waals surface area contributed by atoms with Crippen molar-refractivity contribution >= 4 is 5.97 Å². The number of ether oxygens (including phenoxy) is 1. The SMILES string of the molecule is CC=COC(=O)c1ccoc1. The molecule has 0 aliphatic heterocycles. The minimum Gasteiger partial charge on any atom is -0.472 e. The lowest BCUT2D eigenvalue weighted by Crippen LogP contribution is -1.97. The highest BCUT2D eigenvalue weighted by atomic mass is 16.5. The normalized spacial score (nSPS) is 10.3. The number of allylic oxidation sites excluding steroid dienone is 1. The Morgan fingerprint density at radius 3 is 3.09 bits per heavy atom. The third kappa shape index (κ3) is 1.97. The second kappa shape index (κ2) is 3.61. The van der Waals surface area contributed by atoms with Crippen LogP contribution in [0.4, 0.5) is 0 Å². The van der Waals surface area contributed by atoms with Crippen LogP contribution in [0.15, 0.2) is 35.3 Å². The molecule has 0 aromatic carbocycles. The minimum atomic E-state index is -0.406. The average Bonchev–Trinajstić information content (AvgIpc) is 2.52. The monoisotopic (exact) mass is 152 g/mol. The van der Waals surface area contributed by atoms with Gasteiger partial charge in [0.05, 0.1) is 18.1 Å². The van der Waals surface area contributed by atoms with Crippen molar-refractivity contribution in [1.82, 2.24) is 0 Å². The highest BCUT2D eigenvalue weighted by Crippen LogP contribution is 2.01. The van der Waals surface area contributed by atoms with E-state index in [9.17, 15) is 4.79 Å². The lowest BCUT2D eigenvalue weighted by molar-refractivity contribution is 0.0662. The van der Waals surface area contributed by atoms with Crippen molar-refractivity contribution in [1.29, 1.82) is 0 Å². The second-order valence-electron chi connectivity index (χ2n) is 1.89. The predicted molar refractivity (Wildman–Crippen MR) is 38.9 cm³/mol. The van der Waals surface area contributed by atoms with Crippen LogP contribution in [-0.4, -0.2) is 5.97 Å². The summed E-state index contributed by atoms with van der Waals surface area (Å²) in [6.07, 6.45) is 5.73. The number of furan rings is 1. The summed E-state index contributed by atoms with van der Waals surface area (Å²) in [5.41, 5.74) is 0.420. The first-order chi connectivity index (χ1) is 5.34. The van der Waals surface area contributed by atoms with Crippen LogP contribution in [0, 0.1) is 0 Å². The van der Waals surface area contributed by atoms with E-state index in [1.165, 1.54) is 18.8 Å². The molecule has 11 heavy (non-hydrogen) atoms. The Kier molecular flexibility index (Phi) is 2.49. The van der Waals surface area contributed by atoms with Gasteiger partial charge in [-0.15, -0.1) is 0 Å². The molecule has 0 unspecified atom stereocenters. The van der Waals surface area contributed by atoms with E-state index in [4.69, 9.17) is 4.42 Å². The zero-order valence-electron chi connectivity index (χ0n) is 6.11. The third-order valence-electron chi connectivity index (χ3n) is 1.07. The van der Waals surface area contributed by atoms with Gasteiger partial charge in [0, 0.05) is 0 Å². The second-order valence-corrected chi connectivity index (χ2v) is 1.89. The summed E-state index contributed by atoms with van der Waals surface area (Å²) in [5, 5.41) is 0. The molecule has 58 valence electrons. The van der Waals surface area contributed by atoms with Crippen molar-refractivity contribution in [2.75, 3.05) is 0 Å². The van der Waals surface area contributed by atoms with Gasteiger partial charge in [0.15, 0.2) is 0 Å². The standard InChI is InChI=1S/C8H8O3/c1-2-4-11-8(9)7-3-5-10-6-7/h2-6H,1H3. The van der Waals surface area contributed by atoms with Gasteiger partial charge in [-0.25, -0.2) is 4.79 Å². The maximum Gasteiger partial charge on any atom is 0.346 e. The molecule has 1 aromatic heterocycles. The van der Waals surface area contributed by atoms with Gasteiger partial charge in [0.25, 0.3) is 0 Å². The fourth-order valence-corrected chi connectivity index (χ4v) is 0.578. The van der Waals surface area contributed by atoms with Crippen LogP contribution < -0.4 is 0 Å². The van der Waals surface area contributed by atoms with Crippen LogP contribution in [0.3, 0.4) is 0 Å². The Hall–Kier alpha value is -1.51. The summed E-state index contributed by atoms with van der Waals surface area (Å²) in [6.45, 7) is 1.77. The van der Waals surface area contributed by atoms with Crippen LogP contribution in [0.5, 0.6) is 0 Å². The zero-order chi connectivity index (χ0) is 8.10. The van der Waals surface area contributed by atoms with Crippen LogP contribution in [0.2, 0.25) is 0 Å². The summed E-state index contributed by atoms with van der Waals surface area (Å²) in [6, 6.07) is 1.55. The highest BCUT2D eigenvalue weighted by Gasteiger charge is 2.05. The number of esters is 1. The molecule has 1 heterocycles. The molecule has 0 atom stereocenters. The van der Waals surface area contributed by atoms with E-state index < -0.39 is 5.97 Å². The largest absolute Gasteiger partial charge is 0.472 e. The van der Waals surface area contributed by atoms with Gasteiger partial charge < -0.3 is 9.15 Å². The summed E-state index contributed by atoms with van der Waals surface area (Å²) in [7, 11) is 0. The molecule has 0 radical (unpaired) electrons. The highest BCUT2D eigenvalue weighted by molar-refractivity contribution is 5.89. The number of hydrogen-bond donors (Lipinski definition) is 0. The molecule has 1 aromatic rings. The van der Waals surface area contributed by atoms with Crippen molar-refractivity contribution in [3.63, 3.8) is 0 Å². The third-order valence-corrected chi connectivity index (χ3v) is 1.07. The Morgan fingerprint density at radius 2 is 2.55 bits per heavy atom. The maximum absolute atomic E-state index is 10.9. The Balaban J connectivity index is 2.56. The molecule has 0 saturated carbocycles. The topological polar surface area (TPSA) is 39.4 Å². The van der Waals surface area contributed by atoms with E-state index in [0.29, 0.717) is 5.56 Å². The number of carbonyl (C=O) groups is 1. The molecule has 0 saturated heterocycles. The van der Waals surface area contributed by atoms with Crippen molar-refractivity contribution < 1.29 is 13.9 Å². The van der Waals surface area contributed by atoms with Crippen molar-refractivity contribution in [3.05, 3.63) is 36.5 Å². The number of rotatable bonds is 2. The van der Waals surface area contributed by atoms with E-state index in [2.05, 4.69) is 4.74 Å². The maximum atomic E-state index is 10.9. The van der Waals surface area contributed by atoms with E-state index >= 15 is 0 Å². The quantitative estimate of drug-likeness (QED) is 0.480. The first-order valence-corrected chi connectivity index (χ1v) is 3.19. The molecule has 3 heteroatoms. The van der Waals surface area contributed by atoms with Crippen LogP contribution in [-0.2, 0) is 4.74 Å². The molecule has 0 aliphatic carbocycles. The van der Waals surface area contributed by atoms with Gasteiger partial charge in [-0.1, -0.05) is 6.08 Å². The van der Waals surface area contributed by atoms with Gasteiger partial charge in [-0.2, -0.15) is 0 Å². The average molecular weight is 152 g/mol. The molecular formula is C8H8O3. The molecule has 0 amide bonds. The Morgan fingerprint density at radius 1 is 1.73 bits per heavy atom. The first kappa shape index (κ1) is 7.60. The van der Waals surface area contributed by atoms with Gasteiger partial charge in [-0.3, -0.25) is 0 Å². The number of hydrogen-bond acceptors (Lipinski definition) is 3. The van der Waals surface area contributed by atoms with Crippen molar-refractivity contribution in [2.24, 2.45) is 0 Å². The van der Waals surface area contributed by atoms with Gasteiger partial charge in [0.1, 0.15) is 6.26 Å². The summed E-state index contributed by atoms with van der Waals surface area (Å²) in [5.74, 6) is -0.406. The van der Waals surface area contributed by atoms with Gasteiger partial charge in [0.2, 0.25) is 0 Å². The lowest BCUT2D eigenvalue weighted by atomic mass is 10.3. The lowest BCUT2D eigenvalue weighted by Gasteiger charge is -1.92. The van der Waals surface area contributed by atoms with Crippen LogP contribution in [0.1, 0.15) is 17.3 Å². The molecular weight excluding hydrogens is 144 g/mol. The molecule has 0 spiro atoms. The minimum absolute atomic E-state index is 0.406. The van der Waals surface area contributed by atoms with Crippen LogP contribution >= 0.6 is 0 Å². The van der Waals surface area contributed by atoms with Crippen molar-refractivity contribution in [2.45, 2.75) is 6.92 Å². The Bertz CT molecular complexity index is 246. The van der Waals surface area contributed by atoms with E-state index in [0.717, 1.165) is 0 Å². The van der Waals surface area contributed by atoms with E-state index in [1.807, 2.05) is 0 Å². The van der Waals surface area contributed by atoms with Gasteiger partial charge >= 0.3 is 5.97 Å². The fourth-order valence-electron chi connectivity index (χ4n) is 0.578. The number of carbonyl (C=O) groups excluding carboxylic acids is 1. The molecule has 1 rings (SSSR count). The molecule has 0 bridgehead atoms. The van der Waals surface area contributed by atoms with Gasteiger partial charge in [-0.05, 0) is 13.0 Å². The molecule has 0 fully saturated rings. The Labute approximate surface area is 64.3 Å². The molecule has 0 N–H and O–H groups in total. The van der Waals surface area contributed by atoms with E-state index in [-0.39, 0.29) is 0 Å². The molecule has 0 aliphatic rings. The van der Waals surface area contributed by atoms with E-state index in [1.54, 1.807) is 19.1 Å². The summed E-state index contributed by atoms with van der Waals surface area (Å²) >= 11 is 0. The van der Waals surface area contributed by atoms with Crippen molar-refractivity contribution in [3.8, 4) is 0 Å². The fraction of sp³-hybridized carbons (Fsp3) is 0.125. The first-order valence-electron chi connectivity index (χ1n) is 3.19.